The lowest BCUT2D eigenvalue weighted by Gasteiger charge is -2.12. The average molecular weight is 174 g/mol. The normalized spacial score (nSPS) is 12.6. The SMILES string of the molecule is CCOCC(C)NC(=O)CCN. The lowest BCUT2D eigenvalue weighted by Crippen LogP contribution is -2.36. The number of hydrogen-bond donors (Lipinski definition) is 2. The van der Waals surface area contributed by atoms with Crippen LogP contribution in [0.1, 0.15) is 20.3 Å². The molecule has 0 aromatic rings. The first kappa shape index (κ1) is 11.4. The van der Waals surface area contributed by atoms with E-state index >= 15 is 0 Å². The van der Waals surface area contributed by atoms with E-state index in [1.807, 2.05) is 13.8 Å². The van der Waals surface area contributed by atoms with Gasteiger partial charge in [-0.15, -0.1) is 0 Å². The quantitative estimate of drug-likeness (QED) is 0.590. The van der Waals surface area contributed by atoms with Gasteiger partial charge in [-0.2, -0.15) is 0 Å². The van der Waals surface area contributed by atoms with Crippen molar-refractivity contribution in [1.29, 1.82) is 0 Å². The van der Waals surface area contributed by atoms with E-state index in [4.69, 9.17) is 10.5 Å². The van der Waals surface area contributed by atoms with Crippen molar-refractivity contribution in [1.82, 2.24) is 5.32 Å². The van der Waals surface area contributed by atoms with Crippen molar-refractivity contribution in [2.24, 2.45) is 5.73 Å². The molecular weight excluding hydrogens is 156 g/mol. The summed E-state index contributed by atoms with van der Waals surface area (Å²) in [6.07, 6.45) is 0.385. The minimum Gasteiger partial charge on any atom is -0.380 e. The molecule has 0 radical (unpaired) electrons. The number of carbonyl (C=O) groups excluding carboxylic acids is 1. The van der Waals surface area contributed by atoms with E-state index in [1.54, 1.807) is 0 Å². The van der Waals surface area contributed by atoms with E-state index in [2.05, 4.69) is 5.32 Å². The van der Waals surface area contributed by atoms with Gasteiger partial charge in [-0.25, -0.2) is 0 Å². The number of hydrogen-bond acceptors (Lipinski definition) is 3. The van der Waals surface area contributed by atoms with E-state index in [9.17, 15) is 4.79 Å². The Bertz CT molecular complexity index is 128. The monoisotopic (exact) mass is 174 g/mol. The second-order valence-corrected chi connectivity index (χ2v) is 2.67. The van der Waals surface area contributed by atoms with Crippen LogP contribution >= 0.6 is 0 Å². The van der Waals surface area contributed by atoms with Crippen LogP contribution in [0.4, 0.5) is 0 Å². The maximum atomic E-state index is 11.0. The zero-order chi connectivity index (χ0) is 9.40. The summed E-state index contributed by atoms with van der Waals surface area (Å²) in [5, 5.41) is 2.77. The molecule has 0 fully saturated rings. The third kappa shape index (κ3) is 6.12. The Morgan fingerprint density at radius 2 is 2.33 bits per heavy atom. The van der Waals surface area contributed by atoms with E-state index in [0.29, 0.717) is 26.2 Å². The van der Waals surface area contributed by atoms with E-state index in [1.165, 1.54) is 0 Å². The van der Waals surface area contributed by atoms with Crippen molar-refractivity contribution in [3.8, 4) is 0 Å². The first-order chi connectivity index (χ1) is 5.70. The summed E-state index contributed by atoms with van der Waals surface area (Å²) >= 11 is 0. The zero-order valence-electron chi connectivity index (χ0n) is 7.80. The molecule has 3 N–H and O–H groups in total. The predicted molar refractivity (Wildman–Crippen MR) is 47.8 cm³/mol. The molecule has 0 rings (SSSR count). The lowest BCUT2D eigenvalue weighted by atomic mass is 10.3. The molecule has 1 atom stereocenters. The summed E-state index contributed by atoms with van der Waals surface area (Å²) in [6.45, 7) is 5.47. The molecule has 0 saturated carbocycles. The van der Waals surface area contributed by atoms with Crippen LogP contribution in [0.25, 0.3) is 0 Å². The molecule has 0 spiro atoms. The number of rotatable bonds is 6. The van der Waals surface area contributed by atoms with Crippen LogP contribution in [0, 0.1) is 0 Å². The molecule has 4 heteroatoms. The minimum atomic E-state index is -0.00953. The number of amides is 1. The summed E-state index contributed by atoms with van der Waals surface area (Å²) in [4.78, 5) is 11.0. The van der Waals surface area contributed by atoms with Crippen LogP contribution in [0.3, 0.4) is 0 Å². The molecule has 0 aliphatic rings. The fourth-order valence-corrected chi connectivity index (χ4v) is 0.814. The number of nitrogens with one attached hydrogen (secondary N) is 1. The molecule has 0 aliphatic carbocycles. The Morgan fingerprint density at radius 1 is 1.67 bits per heavy atom. The van der Waals surface area contributed by atoms with Crippen LogP contribution in [0.5, 0.6) is 0 Å². The molecule has 0 heterocycles. The molecule has 0 aromatic heterocycles. The van der Waals surface area contributed by atoms with Gasteiger partial charge in [-0.3, -0.25) is 4.79 Å². The third-order valence-electron chi connectivity index (χ3n) is 1.35. The molecule has 0 saturated heterocycles. The van der Waals surface area contributed by atoms with Gasteiger partial charge in [0.15, 0.2) is 0 Å². The van der Waals surface area contributed by atoms with Crippen LogP contribution < -0.4 is 11.1 Å². The van der Waals surface area contributed by atoms with Gasteiger partial charge in [0.25, 0.3) is 0 Å². The topological polar surface area (TPSA) is 64.3 Å². The Kier molecular flexibility index (Phi) is 6.70. The van der Waals surface area contributed by atoms with E-state index in [0.717, 1.165) is 0 Å². The molecule has 0 bridgehead atoms. The highest BCUT2D eigenvalue weighted by Crippen LogP contribution is 1.85. The van der Waals surface area contributed by atoms with Crippen LogP contribution in [0.2, 0.25) is 0 Å². The third-order valence-corrected chi connectivity index (χ3v) is 1.35. The second-order valence-electron chi connectivity index (χ2n) is 2.67. The fraction of sp³-hybridized carbons (Fsp3) is 0.875. The predicted octanol–water partition coefficient (Wildman–Crippen LogP) is -0.124. The highest BCUT2D eigenvalue weighted by Gasteiger charge is 2.05. The molecule has 1 amide bonds. The Labute approximate surface area is 73.5 Å². The molecule has 12 heavy (non-hydrogen) atoms. The summed E-state index contributed by atoms with van der Waals surface area (Å²) in [6, 6.07) is 0.0731. The fourth-order valence-electron chi connectivity index (χ4n) is 0.814. The van der Waals surface area contributed by atoms with E-state index in [-0.39, 0.29) is 11.9 Å². The lowest BCUT2D eigenvalue weighted by molar-refractivity contribution is -0.121. The Balaban J connectivity index is 3.40. The summed E-state index contributed by atoms with van der Waals surface area (Å²) in [7, 11) is 0. The van der Waals surface area contributed by atoms with Gasteiger partial charge in [-0.1, -0.05) is 0 Å². The van der Waals surface area contributed by atoms with Crippen molar-refractivity contribution >= 4 is 5.91 Å². The minimum absolute atomic E-state index is 0.00953. The molecule has 0 aromatic carbocycles. The van der Waals surface area contributed by atoms with Crippen molar-refractivity contribution in [2.45, 2.75) is 26.3 Å². The van der Waals surface area contributed by atoms with Crippen LogP contribution in [-0.2, 0) is 9.53 Å². The van der Waals surface area contributed by atoms with E-state index < -0.39 is 0 Å². The number of nitrogens with two attached hydrogens (primary N) is 1. The Hall–Kier alpha value is -0.610. The van der Waals surface area contributed by atoms with Crippen molar-refractivity contribution < 1.29 is 9.53 Å². The Morgan fingerprint density at radius 3 is 2.83 bits per heavy atom. The van der Waals surface area contributed by atoms with Crippen LogP contribution in [0.15, 0.2) is 0 Å². The molecule has 4 nitrogen and oxygen atoms in total. The van der Waals surface area contributed by atoms with Crippen molar-refractivity contribution in [2.75, 3.05) is 19.8 Å². The molecular formula is C8H18N2O2. The first-order valence-electron chi connectivity index (χ1n) is 4.27. The molecule has 72 valence electrons. The maximum absolute atomic E-state index is 11.0. The number of carbonyl (C=O) groups is 1. The number of ether oxygens (including phenoxy) is 1. The summed E-state index contributed by atoms with van der Waals surface area (Å²) < 4.78 is 5.13. The smallest absolute Gasteiger partial charge is 0.221 e. The second kappa shape index (κ2) is 7.06. The van der Waals surface area contributed by atoms with Gasteiger partial charge in [-0.05, 0) is 13.8 Å². The average Bonchev–Trinajstić information content (AvgIpc) is 2.01. The molecule has 0 aliphatic heterocycles. The van der Waals surface area contributed by atoms with Gasteiger partial charge in [0, 0.05) is 25.6 Å². The van der Waals surface area contributed by atoms with Crippen molar-refractivity contribution in [3.63, 3.8) is 0 Å². The van der Waals surface area contributed by atoms with Crippen molar-refractivity contribution in [3.05, 3.63) is 0 Å². The maximum Gasteiger partial charge on any atom is 0.221 e. The highest BCUT2D eigenvalue weighted by molar-refractivity contribution is 5.76. The standard InChI is InChI=1S/C8H18N2O2/c1-3-12-6-7(2)10-8(11)4-5-9/h7H,3-6,9H2,1-2H3,(H,10,11). The summed E-state index contributed by atoms with van der Waals surface area (Å²) in [5.41, 5.74) is 5.21. The zero-order valence-corrected chi connectivity index (χ0v) is 7.80. The van der Waals surface area contributed by atoms with Crippen LogP contribution in [-0.4, -0.2) is 31.7 Å². The van der Waals surface area contributed by atoms with Gasteiger partial charge in [0.1, 0.15) is 0 Å². The van der Waals surface area contributed by atoms with Gasteiger partial charge in [0.05, 0.1) is 6.61 Å². The van der Waals surface area contributed by atoms with Gasteiger partial charge >= 0.3 is 0 Å². The first-order valence-corrected chi connectivity index (χ1v) is 4.27. The summed E-state index contributed by atoms with van der Waals surface area (Å²) in [5.74, 6) is -0.00953. The largest absolute Gasteiger partial charge is 0.380 e. The highest BCUT2D eigenvalue weighted by atomic mass is 16.5. The molecule has 1 unspecified atom stereocenters. The van der Waals surface area contributed by atoms with Gasteiger partial charge < -0.3 is 15.8 Å². The van der Waals surface area contributed by atoms with Gasteiger partial charge in [0.2, 0.25) is 5.91 Å².